The molecule has 1 aromatic carbocycles. The molecule has 5 nitrogen and oxygen atoms in total. The molecule has 0 saturated carbocycles. The molecule has 1 aromatic heterocycles. The Bertz CT molecular complexity index is 561. The van der Waals surface area contributed by atoms with Crippen LogP contribution in [-0.2, 0) is 6.61 Å². The first kappa shape index (κ1) is 12.3. The van der Waals surface area contributed by atoms with Gasteiger partial charge in [-0.15, -0.1) is 0 Å². The van der Waals surface area contributed by atoms with E-state index in [0.717, 1.165) is 0 Å². The molecule has 0 aliphatic rings. The van der Waals surface area contributed by atoms with Crippen molar-refractivity contribution in [3.8, 4) is 5.75 Å². The lowest BCUT2D eigenvalue weighted by molar-refractivity contribution is 0.0692. The Balaban J connectivity index is 2.20. The van der Waals surface area contributed by atoms with Crippen LogP contribution in [0.25, 0.3) is 0 Å². The topological polar surface area (TPSA) is 72.3 Å². The Kier molecular flexibility index (Phi) is 3.74. The molecular weight excluding hydrogens is 256 g/mol. The number of nitrogens with zero attached hydrogens (tertiary/aromatic N) is 2. The van der Waals surface area contributed by atoms with E-state index in [1.165, 1.54) is 12.1 Å². The summed E-state index contributed by atoms with van der Waals surface area (Å²) in [6.07, 6.45) is 3.17. The summed E-state index contributed by atoms with van der Waals surface area (Å²) in [5.41, 5.74) is -0.0601. The van der Waals surface area contributed by atoms with Crippen LogP contribution in [0.3, 0.4) is 0 Å². The molecule has 0 aliphatic carbocycles. The van der Waals surface area contributed by atoms with Gasteiger partial charge in [0.05, 0.1) is 5.02 Å². The smallest absolute Gasteiger partial charge is 0.341 e. The van der Waals surface area contributed by atoms with Crippen LogP contribution < -0.4 is 4.74 Å². The molecule has 0 spiro atoms. The zero-order chi connectivity index (χ0) is 13.0. The molecule has 0 amide bonds. The maximum absolute atomic E-state index is 11.1. The normalized spacial score (nSPS) is 10.1. The highest BCUT2D eigenvalue weighted by atomic mass is 35.5. The van der Waals surface area contributed by atoms with Crippen LogP contribution in [0.15, 0.2) is 36.7 Å². The number of carboxylic acids is 1. The van der Waals surface area contributed by atoms with E-state index in [4.69, 9.17) is 21.4 Å². The van der Waals surface area contributed by atoms with Gasteiger partial charge in [0.25, 0.3) is 0 Å². The van der Waals surface area contributed by atoms with Crippen molar-refractivity contribution < 1.29 is 14.6 Å². The van der Waals surface area contributed by atoms with Crippen LogP contribution in [0.1, 0.15) is 16.2 Å². The number of benzene rings is 1. The van der Waals surface area contributed by atoms with Crippen LogP contribution in [0.2, 0.25) is 5.02 Å². The van der Waals surface area contributed by atoms with E-state index >= 15 is 0 Å². The van der Waals surface area contributed by atoms with Gasteiger partial charge in [-0.05, 0) is 18.2 Å². The Hall–Kier alpha value is -2.14. The number of ether oxygens (including phenoxy) is 1. The molecule has 2 rings (SSSR count). The second-order valence-electron chi connectivity index (χ2n) is 3.37. The summed E-state index contributed by atoms with van der Waals surface area (Å²) in [5, 5.41) is 9.18. The molecule has 92 valence electrons. The molecule has 1 heterocycles. The monoisotopic (exact) mass is 264 g/mol. The van der Waals surface area contributed by atoms with Crippen molar-refractivity contribution in [2.45, 2.75) is 6.61 Å². The lowest BCUT2D eigenvalue weighted by atomic mass is 10.2. The van der Waals surface area contributed by atoms with Crippen molar-refractivity contribution in [1.29, 1.82) is 0 Å². The zero-order valence-electron chi connectivity index (χ0n) is 9.21. The van der Waals surface area contributed by atoms with Crippen molar-refractivity contribution >= 4 is 17.6 Å². The minimum absolute atomic E-state index is 0.0601. The SMILES string of the molecule is O=C(O)c1c(Cl)cccc1OCc1ncccn1. The lowest BCUT2D eigenvalue weighted by Gasteiger charge is -2.09. The zero-order valence-corrected chi connectivity index (χ0v) is 9.96. The van der Waals surface area contributed by atoms with E-state index in [2.05, 4.69) is 9.97 Å². The maximum atomic E-state index is 11.1. The largest absolute Gasteiger partial charge is 0.485 e. The molecule has 2 aromatic rings. The summed E-state index contributed by atoms with van der Waals surface area (Å²) in [5.74, 6) is -0.471. The first-order valence-corrected chi connectivity index (χ1v) is 5.47. The third-order valence-electron chi connectivity index (χ3n) is 2.17. The van der Waals surface area contributed by atoms with Gasteiger partial charge in [-0.3, -0.25) is 0 Å². The van der Waals surface area contributed by atoms with Gasteiger partial charge in [0.15, 0.2) is 5.82 Å². The number of halogens is 1. The third-order valence-corrected chi connectivity index (χ3v) is 2.48. The Morgan fingerprint density at radius 1 is 1.28 bits per heavy atom. The molecule has 0 unspecified atom stereocenters. The fourth-order valence-corrected chi connectivity index (χ4v) is 1.63. The maximum Gasteiger partial charge on any atom is 0.341 e. The fourth-order valence-electron chi connectivity index (χ4n) is 1.38. The third kappa shape index (κ3) is 2.75. The molecule has 6 heteroatoms. The van der Waals surface area contributed by atoms with E-state index in [1.807, 2.05) is 0 Å². The highest BCUT2D eigenvalue weighted by Crippen LogP contribution is 2.26. The average molecular weight is 265 g/mol. The van der Waals surface area contributed by atoms with Crippen LogP contribution in [0, 0.1) is 0 Å². The standard InChI is InChI=1S/C12H9ClN2O3/c13-8-3-1-4-9(11(8)12(16)17)18-7-10-14-5-2-6-15-10/h1-6H,7H2,(H,16,17). The van der Waals surface area contributed by atoms with Gasteiger partial charge in [-0.1, -0.05) is 17.7 Å². The molecule has 18 heavy (non-hydrogen) atoms. The summed E-state index contributed by atoms with van der Waals surface area (Å²) in [6.45, 7) is 0.0848. The molecule has 0 atom stereocenters. The van der Waals surface area contributed by atoms with Crippen LogP contribution in [0.5, 0.6) is 5.75 Å². The number of aromatic carboxylic acids is 1. The number of aromatic nitrogens is 2. The Morgan fingerprint density at radius 3 is 2.67 bits per heavy atom. The van der Waals surface area contributed by atoms with Crippen molar-refractivity contribution in [2.75, 3.05) is 0 Å². The molecule has 1 N–H and O–H groups in total. The van der Waals surface area contributed by atoms with E-state index in [0.29, 0.717) is 5.82 Å². The van der Waals surface area contributed by atoms with Crippen LogP contribution in [-0.4, -0.2) is 21.0 Å². The van der Waals surface area contributed by atoms with Gasteiger partial charge in [0.1, 0.15) is 17.9 Å². The minimum Gasteiger partial charge on any atom is -0.485 e. The molecule has 0 bridgehead atoms. The van der Waals surface area contributed by atoms with E-state index < -0.39 is 5.97 Å². The van der Waals surface area contributed by atoms with E-state index in [-0.39, 0.29) is 22.9 Å². The van der Waals surface area contributed by atoms with Crippen molar-refractivity contribution in [3.63, 3.8) is 0 Å². The summed E-state index contributed by atoms with van der Waals surface area (Å²) in [4.78, 5) is 19.0. The summed E-state index contributed by atoms with van der Waals surface area (Å²) in [6, 6.07) is 6.34. The number of rotatable bonds is 4. The second kappa shape index (κ2) is 5.46. The van der Waals surface area contributed by atoms with Gasteiger partial charge >= 0.3 is 5.97 Å². The Morgan fingerprint density at radius 2 is 2.00 bits per heavy atom. The molecule has 0 saturated heterocycles. The number of carbonyl (C=O) groups is 1. The Labute approximate surface area is 108 Å². The molecule has 0 aliphatic heterocycles. The fraction of sp³-hybridized carbons (Fsp3) is 0.0833. The molecule has 0 fully saturated rings. The first-order valence-electron chi connectivity index (χ1n) is 5.09. The predicted octanol–water partition coefficient (Wildman–Crippen LogP) is 2.41. The first-order chi connectivity index (χ1) is 8.68. The van der Waals surface area contributed by atoms with E-state index in [1.54, 1.807) is 24.5 Å². The minimum atomic E-state index is -1.13. The number of carboxylic acid groups (broad SMARTS) is 1. The van der Waals surface area contributed by atoms with Gasteiger partial charge in [0, 0.05) is 12.4 Å². The van der Waals surface area contributed by atoms with Crippen molar-refractivity contribution in [1.82, 2.24) is 9.97 Å². The highest BCUT2D eigenvalue weighted by Gasteiger charge is 2.15. The quantitative estimate of drug-likeness (QED) is 0.918. The summed E-state index contributed by atoms with van der Waals surface area (Å²) < 4.78 is 5.38. The lowest BCUT2D eigenvalue weighted by Crippen LogP contribution is -2.06. The molecular formula is C12H9ClN2O3. The van der Waals surface area contributed by atoms with Crippen molar-refractivity contribution in [3.05, 3.63) is 53.1 Å². The van der Waals surface area contributed by atoms with Crippen LogP contribution >= 0.6 is 11.6 Å². The van der Waals surface area contributed by atoms with Gasteiger partial charge < -0.3 is 9.84 Å². The molecule has 0 radical (unpaired) electrons. The van der Waals surface area contributed by atoms with E-state index in [9.17, 15) is 4.79 Å². The average Bonchev–Trinajstić information content (AvgIpc) is 2.37. The number of hydrogen-bond acceptors (Lipinski definition) is 4. The van der Waals surface area contributed by atoms with Gasteiger partial charge in [0.2, 0.25) is 0 Å². The second-order valence-corrected chi connectivity index (χ2v) is 3.78. The van der Waals surface area contributed by atoms with Gasteiger partial charge in [-0.25, -0.2) is 14.8 Å². The number of hydrogen-bond donors (Lipinski definition) is 1. The van der Waals surface area contributed by atoms with Crippen LogP contribution in [0.4, 0.5) is 0 Å². The van der Waals surface area contributed by atoms with Gasteiger partial charge in [-0.2, -0.15) is 0 Å². The highest BCUT2D eigenvalue weighted by molar-refractivity contribution is 6.33. The van der Waals surface area contributed by atoms with Crippen molar-refractivity contribution in [2.24, 2.45) is 0 Å². The predicted molar refractivity (Wildman–Crippen MR) is 64.8 cm³/mol. The summed E-state index contributed by atoms with van der Waals surface area (Å²) in [7, 11) is 0. The summed E-state index contributed by atoms with van der Waals surface area (Å²) >= 11 is 5.81.